The molecule has 0 aliphatic heterocycles. The van der Waals surface area contributed by atoms with Crippen LogP contribution in [-0.4, -0.2) is 30.1 Å². The monoisotopic (exact) mass is 380 g/mol. The molecule has 1 aromatic heterocycles. The van der Waals surface area contributed by atoms with E-state index in [1.54, 1.807) is 25.6 Å². The molecule has 3 aromatic rings. The summed E-state index contributed by atoms with van der Waals surface area (Å²) in [5.41, 5.74) is 3.46. The first-order chi connectivity index (χ1) is 13.3. The molecule has 4 nitrogen and oxygen atoms in total. The lowest BCUT2D eigenvalue weighted by Crippen LogP contribution is -2.25. The zero-order chi connectivity index (χ0) is 18.6. The van der Waals surface area contributed by atoms with Gasteiger partial charge in [-0.1, -0.05) is 30.3 Å². The number of para-hydroxylation sites is 1. The first kappa shape index (κ1) is 18.0. The summed E-state index contributed by atoms with van der Waals surface area (Å²) in [6.07, 6.45) is 2.53. The fraction of sp³-hybridized carbons (Fsp3) is 0.318. The number of methoxy groups -OCH3 is 2. The Bertz CT molecular complexity index is 905. The molecule has 140 valence electrons. The van der Waals surface area contributed by atoms with Gasteiger partial charge in [0.2, 0.25) is 0 Å². The zero-order valence-electron chi connectivity index (χ0n) is 15.7. The molecule has 1 aliphatic rings. The lowest BCUT2D eigenvalue weighted by molar-refractivity contribution is 0.239. The van der Waals surface area contributed by atoms with Crippen molar-refractivity contribution >= 4 is 11.3 Å². The zero-order valence-corrected chi connectivity index (χ0v) is 16.5. The fourth-order valence-electron chi connectivity index (χ4n) is 3.28. The molecule has 1 saturated carbocycles. The molecule has 1 fully saturated rings. The molecule has 0 amide bonds. The van der Waals surface area contributed by atoms with Crippen molar-refractivity contribution in [1.29, 1.82) is 0 Å². The van der Waals surface area contributed by atoms with Gasteiger partial charge < -0.3 is 9.47 Å². The van der Waals surface area contributed by atoms with Crippen molar-refractivity contribution < 1.29 is 9.47 Å². The Hall–Kier alpha value is -2.37. The van der Waals surface area contributed by atoms with Gasteiger partial charge in [0.15, 0.2) is 0 Å². The van der Waals surface area contributed by atoms with Gasteiger partial charge in [0.25, 0.3) is 0 Å². The summed E-state index contributed by atoms with van der Waals surface area (Å²) in [4.78, 5) is 7.40. The van der Waals surface area contributed by atoms with Crippen molar-refractivity contribution in [2.75, 3.05) is 14.2 Å². The van der Waals surface area contributed by atoms with Crippen LogP contribution in [0.2, 0.25) is 0 Å². The number of nitrogens with zero attached hydrogens (tertiary/aromatic N) is 2. The van der Waals surface area contributed by atoms with Crippen LogP contribution < -0.4 is 9.47 Å². The fourth-order valence-corrected chi connectivity index (χ4v) is 4.09. The molecule has 0 spiro atoms. The Kier molecular flexibility index (Phi) is 5.41. The van der Waals surface area contributed by atoms with Crippen molar-refractivity contribution in [3.8, 4) is 22.1 Å². The van der Waals surface area contributed by atoms with E-state index in [0.29, 0.717) is 6.04 Å². The van der Waals surface area contributed by atoms with Gasteiger partial charge in [-0.25, -0.2) is 4.98 Å². The van der Waals surface area contributed by atoms with E-state index < -0.39 is 0 Å². The highest BCUT2D eigenvalue weighted by atomic mass is 32.1. The van der Waals surface area contributed by atoms with Crippen LogP contribution in [0.25, 0.3) is 10.6 Å². The molecule has 4 rings (SSSR count). The van der Waals surface area contributed by atoms with E-state index in [9.17, 15) is 0 Å². The third kappa shape index (κ3) is 4.31. The highest BCUT2D eigenvalue weighted by Crippen LogP contribution is 2.33. The molecule has 0 saturated heterocycles. The summed E-state index contributed by atoms with van der Waals surface area (Å²) < 4.78 is 10.9. The second-order valence-corrected chi connectivity index (χ2v) is 7.68. The van der Waals surface area contributed by atoms with Crippen LogP contribution in [0.1, 0.15) is 24.1 Å². The van der Waals surface area contributed by atoms with Gasteiger partial charge in [-0.15, -0.1) is 11.3 Å². The van der Waals surface area contributed by atoms with E-state index in [2.05, 4.69) is 28.5 Å². The van der Waals surface area contributed by atoms with E-state index in [4.69, 9.17) is 14.5 Å². The second-order valence-electron chi connectivity index (χ2n) is 6.82. The van der Waals surface area contributed by atoms with E-state index in [1.165, 1.54) is 18.4 Å². The maximum absolute atomic E-state index is 5.53. The minimum atomic E-state index is 0.650. The molecular weight excluding hydrogens is 356 g/mol. The van der Waals surface area contributed by atoms with Crippen LogP contribution in [0.15, 0.2) is 53.9 Å². The van der Waals surface area contributed by atoms with Gasteiger partial charge in [0.1, 0.15) is 16.5 Å². The number of thiazole rings is 1. The van der Waals surface area contributed by atoms with Crippen LogP contribution in [-0.2, 0) is 13.1 Å². The Morgan fingerprint density at radius 1 is 1.04 bits per heavy atom. The van der Waals surface area contributed by atoms with Crippen LogP contribution in [0.4, 0.5) is 0 Å². The Morgan fingerprint density at radius 3 is 2.67 bits per heavy atom. The van der Waals surface area contributed by atoms with Gasteiger partial charge >= 0.3 is 0 Å². The summed E-state index contributed by atoms with van der Waals surface area (Å²) in [7, 11) is 3.43. The third-order valence-electron chi connectivity index (χ3n) is 4.86. The maximum atomic E-state index is 5.53. The minimum absolute atomic E-state index is 0.650. The van der Waals surface area contributed by atoms with Crippen LogP contribution >= 0.6 is 11.3 Å². The standard InChI is InChI=1S/C22H24N2O2S/c1-25-20-8-5-7-16(12-20)22-23-18(15-27-22)14-24(19-10-11-19)13-17-6-3-4-9-21(17)26-2/h3-9,12,15,19H,10-11,13-14H2,1-2H3. The number of ether oxygens (including phenoxy) is 2. The smallest absolute Gasteiger partial charge is 0.123 e. The van der Waals surface area contributed by atoms with Gasteiger partial charge in [-0.3, -0.25) is 4.90 Å². The van der Waals surface area contributed by atoms with Gasteiger partial charge in [-0.05, 0) is 31.0 Å². The highest BCUT2D eigenvalue weighted by molar-refractivity contribution is 7.13. The van der Waals surface area contributed by atoms with E-state index >= 15 is 0 Å². The maximum Gasteiger partial charge on any atom is 0.123 e. The summed E-state index contributed by atoms with van der Waals surface area (Å²) >= 11 is 1.69. The molecule has 2 aromatic carbocycles. The van der Waals surface area contributed by atoms with Crippen LogP contribution in [0, 0.1) is 0 Å². The molecule has 0 bridgehead atoms. The quantitative estimate of drug-likeness (QED) is 0.551. The number of hydrogen-bond donors (Lipinski definition) is 0. The van der Waals surface area contributed by atoms with Crippen LogP contribution in [0.3, 0.4) is 0 Å². The van der Waals surface area contributed by atoms with Crippen molar-refractivity contribution in [3.05, 3.63) is 65.2 Å². The van der Waals surface area contributed by atoms with Crippen molar-refractivity contribution in [1.82, 2.24) is 9.88 Å². The predicted molar refractivity (Wildman–Crippen MR) is 109 cm³/mol. The normalized spacial score (nSPS) is 13.7. The summed E-state index contributed by atoms with van der Waals surface area (Å²) in [5.74, 6) is 1.82. The number of benzene rings is 2. The number of rotatable bonds is 8. The largest absolute Gasteiger partial charge is 0.497 e. The third-order valence-corrected chi connectivity index (χ3v) is 5.80. The van der Waals surface area contributed by atoms with Gasteiger partial charge in [0.05, 0.1) is 19.9 Å². The van der Waals surface area contributed by atoms with E-state index in [0.717, 1.165) is 40.9 Å². The SMILES string of the molecule is COc1cccc(-c2nc(CN(Cc3ccccc3OC)C3CC3)cs2)c1. The average Bonchev–Trinajstić information content (AvgIpc) is 3.46. The Morgan fingerprint density at radius 2 is 1.89 bits per heavy atom. The molecular formula is C22H24N2O2S. The molecule has 0 atom stereocenters. The van der Waals surface area contributed by atoms with E-state index in [-0.39, 0.29) is 0 Å². The number of aromatic nitrogens is 1. The van der Waals surface area contributed by atoms with Crippen molar-refractivity contribution in [2.24, 2.45) is 0 Å². The summed E-state index contributed by atoms with van der Waals surface area (Å²) in [5, 5.41) is 3.21. The molecule has 5 heteroatoms. The first-order valence-electron chi connectivity index (χ1n) is 9.21. The lowest BCUT2D eigenvalue weighted by Gasteiger charge is -2.22. The lowest BCUT2D eigenvalue weighted by atomic mass is 10.2. The molecule has 0 unspecified atom stereocenters. The Balaban J connectivity index is 1.50. The van der Waals surface area contributed by atoms with Gasteiger partial charge in [0, 0.05) is 35.6 Å². The minimum Gasteiger partial charge on any atom is -0.497 e. The van der Waals surface area contributed by atoms with Crippen LogP contribution in [0.5, 0.6) is 11.5 Å². The summed E-state index contributed by atoms with van der Waals surface area (Å²) in [6, 6.07) is 17.0. The molecule has 1 aliphatic carbocycles. The molecule has 1 heterocycles. The van der Waals surface area contributed by atoms with Crippen molar-refractivity contribution in [2.45, 2.75) is 32.0 Å². The topological polar surface area (TPSA) is 34.6 Å². The second kappa shape index (κ2) is 8.11. The number of hydrogen-bond acceptors (Lipinski definition) is 5. The molecule has 0 radical (unpaired) electrons. The predicted octanol–water partition coefficient (Wildman–Crippen LogP) is 4.99. The molecule has 27 heavy (non-hydrogen) atoms. The molecule has 0 N–H and O–H groups in total. The highest BCUT2D eigenvalue weighted by Gasteiger charge is 2.30. The van der Waals surface area contributed by atoms with Crippen molar-refractivity contribution in [3.63, 3.8) is 0 Å². The first-order valence-corrected chi connectivity index (χ1v) is 10.1. The average molecular weight is 381 g/mol. The van der Waals surface area contributed by atoms with E-state index in [1.807, 2.05) is 30.3 Å². The Labute approximate surface area is 164 Å². The summed E-state index contributed by atoms with van der Waals surface area (Å²) in [6.45, 7) is 1.75. The van der Waals surface area contributed by atoms with Gasteiger partial charge in [-0.2, -0.15) is 0 Å².